The highest BCUT2D eigenvalue weighted by Gasteiger charge is 2.31. The van der Waals surface area contributed by atoms with Crippen LogP contribution in [0.4, 0.5) is 4.39 Å². The number of phenols is 2. The standard InChI is InChI=1S/C27H27FN2O4/c1-17-23-7-5-21(32)12-25(23)34-27(26(17)19-3-2-4-20(31)11-19)24-8-6-22(14-29-24)33-10-9-30-15-18(13-28)16-30/h2-8,11-12,14,18,27,31-32H,9-10,13,15-16H2,1H3. The first-order valence-corrected chi connectivity index (χ1v) is 11.4. The number of benzene rings is 2. The molecule has 2 aliphatic heterocycles. The Kier molecular flexibility index (Phi) is 6.11. The van der Waals surface area contributed by atoms with E-state index in [1.54, 1.807) is 36.5 Å². The summed E-state index contributed by atoms with van der Waals surface area (Å²) in [6.07, 6.45) is 1.15. The molecule has 0 radical (unpaired) electrons. The molecule has 3 aromatic rings. The maximum atomic E-state index is 12.6. The number of ether oxygens (including phenoxy) is 2. The van der Waals surface area contributed by atoms with E-state index < -0.39 is 6.10 Å². The lowest BCUT2D eigenvalue weighted by Gasteiger charge is -2.37. The number of fused-ring (bicyclic) bond motifs is 1. The minimum Gasteiger partial charge on any atom is -0.508 e. The summed E-state index contributed by atoms with van der Waals surface area (Å²) in [5.41, 5.74) is 4.29. The van der Waals surface area contributed by atoms with Gasteiger partial charge in [-0.2, -0.15) is 0 Å². The number of alkyl halides is 1. The van der Waals surface area contributed by atoms with Gasteiger partial charge in [0, 0.05) is 42.8 Å². The zero-order chi connectivity index (χ0) is 23.7. The van der Waals surface area contributed by atoms with Gasteiger partial charge in [0.05, 0.1) is 18.6 Å². The van der Waals surface area contributed by atoms with Gasteiger partial charge in [-0.1, -0.05) is 12.1 Å². The molecule has 0 spiro atoms. The molecular weight excluding hydrogens is 435 g/mol. The van der Waals surface area contributed by atoms with E-state index in [2.05, 4.69) is 9.88 Å². The van der Waals surface area contributed by atoms with E-state index in [1.165, 1.54) is 0 Å². The molecule has 0 amide bonds. The number of aromatic nitrogens is 1. The molecule has 0 bridgehead atoms. The van der Waals surface area contributed by atoms with Crippen molar-refractivity contribution in [2.24, 2.45) is 5.92 Å². The number of nitrogens with zero attached hydrogens (tertiary/aromatic N) is 2. The molecule has 1 unspecified atom stereocenters. The van der Waals surface area contributed by atoms with Crippen molar-refractivity contribution in [2.45, 2.75) is 13.0 Å². The predicted octanol–water partition coefficient (Wildman–Crippen LogP) is 4.84. The molecule has 5 rings (SSSR count). The summed E-state index contributed by atoms with van der Waals surface area (Å²) in [7, 11) is 0. The van der Waals surface area contributed by atoms with E-state index in [0.29, 0.717) is 23.8 Å². The van der Waals surface area contributed by atoms with Crippen LogP contribution in [0.5, 0.6) is 23.0 Å². The van der Waals surface area contributed by atoms with Crippen LogP contribution in [0.1, 0.15) is 29.8 Å². The Labute approximate surface area is 197 Å². The van der Waals surface area contributed by atoms with Crippen LogP contribution >= 0.6 is 0 Å². The third-order valence-electron chi connectivity index (χ3n) is 6.39. The third-order valence-corrected chi connectivity index (χ3v) is 6.39. The summed E-state index contributed by atoms with van der Waals surface area (Å²) in [6.45, 7) is 4.60. The molecule has 1 saturated heterocycles. The van der Waals surface area contributed by atoms with Crippen molar-refractivity contribution < 1.29 is 24.1 Å². The lowest BCUT2D eigenvalue weighted by Crippen LogP contribution is -2.49. The van der Waals surface area contributed by atoms with Gasteiger partial charge in [0.2, 0.25) is 0 Å². The first-order valence-electron chi connectivity index (χ1n) is 11.4. The van der Waals surface area contributed by atoms with Crippen molar-refractivity contribution in [1.29, 1.82) is 0 Å². The molecule has 1 fully saturated rings. The number of rotatable bonds is 7. The molecule has 0 aliphatic carbocycles. The molecular formula is C27H27FN2O4. The zero-order valence-corrected chi connectivity index (χ0v) is 18.9. The van der Waals surface area contributed by atoms with Gasteiger partial charge in [0.15, 0.2) is 6.10 Å². The first-order chi connectivity index (χ1) is 16.5. The fourth-order valence-electron chi connectivity index (χ4n) is 4.58. The first kappa shape index (κ1) is 22.2. The second-order valence-corrected chi connectivity index (χ2v) is 8.81. The predicted molar refractivity (Wildman–Crippen MR) is 128 cm³/mol. The highest BCUT2D eigenvalue weighted by molar-refractivity contribution is 5.95. The van der Waals surface area contributed by atoms with Crippen LogP contribution < -0.4 is 9.47 Å². The number of pyridine rings is 1. The van der Waals surface area contributed by atoms with Crippen molar-refractivity contribution in [3.63, 3.8) is 0 Å². The SMILES string of the molecule is CC1=C(c2cccc(O)c2)C(c2ccc(OCCN3CC(CF)C3)cn2)Oc2cc(O)ccc21. The van der Waals surface area contributed by atoms with Crippen molar-refractivity contribution in [1.82, 2.24) is 9.88 Å². The number of likely N-dealkylation sites (tertiary alicyclic amines) is 1. The number of phenolic OH excluding ortho intramolecular Hbond substituents is 2. The van der Waals surface area contributed by atoms with E-state index in [9.17, 15) is 14.6 Å². The van der Waals surface area contributed by atoms with E-state index in [0.717, 1.165) is 41.9 Å². The van der Waals surface area contributed by atoms with Gasteiger partial charge in [-0.15, -0.1) is 0 Å². The van der Waals surface area contributed by atoms with Crippen LogP contribution in [0.25, 0.3) is 11.1 Å². The molecule has 3 heterocycles. The minimum absolute atomic E-state index is 0.128. The van der Waals surface area contributed by atoms with E-state index in [4.69, 9.17) is 9.47 Å². The Hall–Kier alpha value is -3.58. The molecule has 2 aromatic carbocycles. The van der Waals surface area contributed by atoms with Crippen LogP contribution in [-0.2, 0) is 0 Å². The summed E-state index contributed by atoms with van der Waals surface area (Å²) in [4.78, 5) is 6.79. The topological polar surface area (TPSA) is 75.1 Å². The lowest BCUT2D eigenvalue weighted by atomic mass is 9.87. The summed E-state index contributed by atoms with van der Waals surface area (Å²) < 4.78 is 24.7. The molecule has 176 valence electrons. The van der Waals surface area contributed by atoms with Crippen molar-refractivity contribution >= 4 is 11.1 Å². The summed E-state index contributed by atoms with van der Waals surface area (Å²) in [6, 6.07) is 15.9. The quantitative estimate of drug-likeness (QED) is 0.524. The summed E-state index contributed by atoms with van der Waals surface area (Å²) >= 11 is 0. The second kappa shape index (κ2) is 9.35. The van der Waals surface area contributed by atoms with Gasteiger partial charge in [0.25, 0.3) is 0 Å². The van der Waals surface area contributed by atoms with Gasteiger partial charge in [-0.25, -0.2) is 0 Å². The Bertz CT molecular complexity index is 1210. The fourth-order valence-corrected chi connectivity index (χ4v) is 4.58. The Morgan fingerprint density at radius 1 is 1.09 bits per heavy atom. The molecule has 2 aliphatic rings. The van der Waals surface area contributed by atoms with Crippen molar-refractivity contribution in [3.05, 3.63) is 77.6 Å². The molecule has 7 heteroatoms. The number of halogens is 1. The normalized spacial score (nSPS) is 18.2. The smallest absolute Gasteiger partial charge is 0.166 e. The number of hydrogen-bond acceptors (Lipinski definition) is 6. The average molecular weight is 463 g/mol. The largest absolute Gasteiger partial charge is 0.508 e. The number of aromatic hydroxyl groups is 2. The van der Waals surface area contributed by atoms with Gasteiger partial charge in [-0.05, 0) is 54.5 Å². The van der Waals surface area contributed by atoms with E-state index in [1.807, 2.05) is 31.2 Å². The maximum Gasteiger partial charge on any atom is 0.166 e. The maximum absolute atomic E-state index is 12.6. The molecule has 1 atom stereocenters. The van der Waals surface area contributed by atoms with Crippen LogP contribution in [0.2, 0.25) is 0 Å². The third kappa shape index (κ3) is 4.43. The average Bonchev–Trinajstić information content (AvgIpc) is 2.80. The zero-order valence-electron chi connectivity index (χ0n) is 18.9. The lowest BCUT2D eigenvalue weighted by molar-refractivity contribution is 0.0668. The molecule has 1 aromatic heterocycles. The minimum atomic E-state index is -0.524. The van der Waals surface area contributed by atoms with Crippen LogP contribution in [-0.4, -0.2) is 53.0 Å². The monoisotopic (exact) mass is 462 g/mol. The molecule has 0 saturated carbocycles. The van der Waals surface area contributed by atoms with Crippen molar-refractivity contribution in [2.75, 3.05) is 32.9 Å². The van der Waals surface area contributed by atoms with Gasteiger partial charge in [-0.3, -0.25) is 14.3 Å². The van der Waals surface area contributed by atoms with E-state index in [-0.39, 0.29) is 24.1 Å². The molecule has 34 heavy (non-hydrogen) atoms. The molecule has 2 N–H and O–H groups in total. The Morgan fingerprint density at radius 3 is 2.65 bits per heavy atom. The van der Waals surface area contributed by atoms with Gasteiger partial charge in [0.1, 0.15) is 29.6 Å². The number of hydrogen-bond donors (Lipinski definition) is 2. The summed E-state index contributed by atoms with van der Waals surface area (Å²) in [5, 5.41) is 20.1. The fraction of sp³-hybridized carbons (Fsp3) is 0.296. The molecule has 6 nitrogen and oxygen atoms in total. The highest BCUT2D eigenvalue weighted by atomic mass is 19.1. The van der Waals surface area contributed by atoms with E-state index >= 15 is 0 Å². The Balaban J connectivity index is 1.38. The van der Waals surface area contributed by atoms with Gasteiger partial charge >= 0.3 is 0 Å². The van der Waals surface area contributed by atoms with Crippen LogP contribution in [0.15, 0.2) is 60.8 Å². The van der Waals surface area contributed by atoms with Gasteiger partial charge < -0.3 is 19.7 Å². The Morgan fingerprint density at radius 2 is 1.91 bits per heavy atom. The number of allylic oxidation sites excluding steroid dienone is 1. The second-order valence-electron chi connectivity index (χ2n) is 8.81. The van der Waals surface area contributed by atoms with Crippen molar-refractivity contribution in [3.8, 4) is 23.0 Å². The van der Waals surface area contributed by atoms with Crippen LogP contribution in [0, 0.1) is 5.92 Å². The highest BCUT2D eigenvalue weighted by Crippen LogP contribution is 2.47. The summed E-state index contributed by atoms with van der Waals surface area (Å²) in [5.74, 6) is 1.70. The van der Waals surface area contributed by atoms with Crippen LogP contribution in [0.3, 0.4) is 0 Å².